The molecule has 0 amide bonds. The van der Waals surface area contributed by atoms with Crippen LogP contribution in [0.25, 0.3) is 0 Å². The predicted molar refractivity (Wildman–Crippen MR) is 101 cm³/mol. The van der Waals surface area contributed by atoms with E-state index in [4.69, 9.17) is 18.5 Å². The summed E-state index contributed by atoms with van der Waals surface area (Å²) in [5.41, 5.74) is -0.482. The van der Waals surface area contributed by atoms with E-state index in [1.807, 2.05) is 6.92 Å². The van der Waals surface area contributed by atoms with E-state index in [0.29, 0.717) is 0 Å². The molecule has 1 aromatic carbocycles. The number of rotatable bonds is 7. The summed E-state index contributed by atoms with van der Waals surface area (Å²) in [6.07, 6.45) is 0. The topological polar surface area (TPSA) is 88.1 Å². The smallest absolute Gasteiger partial charge is 0.367 e. The third-order valence-corrected chi connectivity index (χ3v) is 5.22. The molecule has 0 saturated heterocycles. The number of carbonyl (C=O) groups is 2. The molecule has 0 aliphatic carbocycles. The van der Waals surface area contributed by atoms with E-state index >= 15 is 0 Å². The summed E-state index contributed by atoms with van der Waals surface area (Å²) in [6.45, 7) is 10.9. The van der Waals surface area contributed by atoms with Gasteiger partial charge in [0.1, 0.15) is 0 Å². The SMILES string of the molecule is Cc1ccc(P(=O)(OCOC(=O)C(C)(C)C)OCOC(=O)C(C)(C)C)cc1. The van der Waals surface area contributed by atoms with Gasteiger partial charge in [0.25, 0.3) is 0 Å². The Morgan fingerprint density at radius 3 is 1.52 bits per heavy atom. The molecule has 0 aliphatic heterocycles. The van der Waals surface area contributed by atoms with Crippen LogP contribution in [0.3, 0.4) is 0 Å². The van der Waals surface area contributed by atoms with Gasteiger partial charge in [-0.2, -0.15) is 0 Å². The summed E-state index contributed by atoms with van der Waals surface area (Å²) in [7, 11) is -3.86. The van der Waals surface area contributed by atoms with Gasteiger partial charge in [0, 0.05) is 0 Å². The average molecular weight is 400 g/mol. The molecular weight excluding hydrogens is 371 g/mol. The quantitative estimate of drug-likeness (QED) is 0.389. The molecular formula is C19H29O7P. The van der Waals surface area contributed by atoms with Crippen molar-refractivity contribution in [2.75, 3.05) is 13.6 Å². The fraction of sp³-hybridized carbons (Fsp3) is 0.579. The Balaban J connectivity index is 2.84. The van der Waals surface area contributed by atoms with Crippen LogP contribution in [0.2, 0.25) is 0 Å². The van der Waals surface area contributed by atoms with E-state index in [1.165, 1.54) is 0 Å². The Labute approximate surface area is 160 Å². The first-order valence-corrected chi connectivity index (χ1v) is 10.1. The van der Waals surface area contributed by atoms with Crippen molar-refractivity contribution in [3.8, 4) is 0 Å². The van der Waals surface area contributed by atoms with Crippen molar-refractivity contribution < 1.29 is 32.7 Å². The Hall–Kier alpha value is -1.69. The highest BCUT2D eigenvalue weighted by Crippen LogP contribution is 2.47. The van der Waals surface area contributed by atoms with E-state index in [0.717, 1.165) is 5.56 Å². The summed E-state index contributed by atoms with van der Waals surface area (Å²) in [5.74, 6) is -1.01. The highest BCUT2D eigenvalue weighted by atomic mass is 31.2. The van der Waals surface area contributed by atoms with Gasteiger partial charge >= 0.3 is 19.5 Å². The van der Waals surface area contributed by atoms with Crippen molar-refractivity contribution in [3.05, 3.63) is 29.8 Å². The molecule has 0 atom stereocenters. The van der Waals surface area contributed by atoms with Crippen molar-refractivity contribution in [2.24, 2.45) is 10.8 Å². The fourth-order valence-electron chi connectivity index (χ4n) is 1.65. The van der Waals surface area contributed by atoms with Crippen LogP contribution in [0, 0.1) is 17.8 Å². The first kappa shape index (κ1) is 23.3. The summed E-state index contributed by atoms with van der Waals surface area (Å²) in [4.78, 5) is 23.7. The third-order valence-electron chi connectivity index (χ3n) is 3.40. The first-order valence-electron chi connectivity index (χ1n) is 8.56. The Kier molecular flexibility index (Phi) is 7.78. The lowest BCUT2D eigenvalue weighted by Gasteiger charge is -2.22. The molecule has 0 heterocycles. The van der Waals surface area contributed by atoms with Gasteiger partial charge in [-0.15, -0.1) is 0 Å². The van der Waals surface area contributed by atoms with Crippen LogP contribution in [0.4, 0.5) is 0 Å². The van der Waals surface area contributed by atoms with Gasteiger partial charge in [0.15, 0.2) is 0 Å². The van der Waals surface area contributed by atoms with Crippen molar-refractivity contribution in [1.82, 2.24) is 0 Å². The minimum atomic E-state index is -3.86. The maximum Gasteiger partial charge on any atom is 0.367 e. The molecule has 0 aromatic heterocycles. The van der Waals surface area contributed by atoms with Crippen LogP contribution < -0.4 is 5.30 Å². The number of benzene rings is 1. The fourth-order valence-corrected chi connectivity index (χ4v) is 2.92. The van der Waals surface area contributed by atoms with Crippen molar-refractivity contribution in [3.63, 3.8) is 0 Å². The van der Waals surface area contributed by atoms with Crippen molar-refractivity contribution in [1.29, 1.82) is 0 Å². The summed E-state index contributed by atoms with van der Waals surface area (Å²) >= 11 is 0. The van der Waals surface area contributed by atoms with Gasteiger partial charge in [0.05, 0.1) is 16.1 Å². The van der Waals surface area contributed by atoms with Gasteiger partial charge in [-0.25, -0.2) is 0 Å². The summed E-state index contributed by atoms with van der Waals surface area (Å²) in [5, 5.41) is 0.270. The van der Waals surface area contributed by atoms with Crippen molar-refractivity contribution in [2.45, 2.75) is 48.5 Å². The lowest BCUT2D eigenvalue weighted by molar-refractivity contribution is -0.161. The molecule has 8 heteroatoms. The van der Waals surface area contributed by atoms with E-state index in [-0.39, 0.29) is 5.30 Å². The third kappa shape index (κ3) is 7.45. The van der Waals surface area contributed by atoms with Gasteiger partial charge in [-0.3, -0.25) is 23.2 Å². The lowest BCUT2D eigenvalue weighted by Crippen LogP contribution is -2.25. The van der Waals surface area contributed by atoms with E-state index in [2.05, 4.69) is 0 Å². The van der Waals surface area contributed by atoms with Gasteiger partial charge in [0.2, 0.25) is 13.6 Å². The van der Waals surface area contributed by atoms with Crippen LogP contribution in [-0.2, 0) is 32.7 Å². The van der Waals surface area contributed by atoms with Crippen LogP contribution in [0.5, 0.6) is 0 Å². The van der Waals surface area contributed by atoms with Crippen LogP contribution in [0.1, 0.15) is 47.1 Å². The minimum absolute atomic E-state index is 0.270. The van der Waals surface area contributed by atoms with Gasteiger partial charge in [-0.05, 0) is 60.6 Å². The van der Waals surface area contributed by atoms with E-state index < -0.39 is 44.0 Å². The molecule has 0 aliphatic rings. The Bertz CT molecular complexity index is 660. The molecule has 7 nitrogen and oxygen atoms in total. The summed E-state index contributed by atoms with van der Waals surface area (Å²) < 4.78 is 33.8. The number of hydrogen-bond acceptors (Lipinski definition) is 7. The van der Waals surface area contributed by atoms with Crippen LogP contribution in [0.15, 0.2) is 24.3 Å². The predicted octanol–water partition coefficient (Wildman–Crippen LogP) is 3.94. The molecule has 152 valence electrons. The molecule has 27 heavy (non-hydrogen) atoms. The normalized spacial score (nSPS) is 12.6. The Morgan fingerprint density at radius 2 is 1.19 bits per heavy atom. The molecule has 1 aromatic rings. The van der Waals surface area contributed by atoms with Crippen LogP contribution >= 0.6 is 7.60 Å². The molecule has 0 radical (unpaired) electrons. The monoisotopic (exact) mass is 400 g/mol. The number of aryl methyl sites for hydroxylation is 1. The highest BCUT2D eigenvalue weighted by Gasteiger charge is 2.31. The molecule has 0 saturated carbocycles. The van der Waals surface area contributed by atoms with Gasteiger partial charge in [-0.1, -0.05) is 17.7 Å². The molecule has 0 fully saturated rings. The maximum atomic E-state index is 13.2. The second-order valence-corrected chi connectivity index (χ2v) is 10.2. The molecule has 0 N–H and O–H groups in total. The zero-order chi connectivity index (χ0) is 20.9. The number of carbonyl (C=O) groups excluding carboxylic acids is 2. The Morgan fingerprint density at radius 1 is 0.815 bits per heavy atom. The maximum absolute atomic E-state index is 13.2. The first-order chi connectivity index (χ1) is 12.3. The van der Waals surface area contributed by atoms with Crippen LogP contribution in [-0.4, -0.2) is 25.5 Å². The molecule has 1 rings (SSSR count). The molecule has 0 unspecified atom stereocenters. The standard InChI is InChI=1S/C19H29O7P/c1-14-8-10-15(11-9-14)27(22,25-12-23-16(20)18(2,3)4)26-13-24-17(21)19(5,6)7/h8-11H,12-13H2,1-7H3. The van der Waals surface area contributed by atoms with E-state index in [9.17, 15) is 14.2 Å². The number of ether oxygens (including phenoxy) is 2. The van der Waals surface area contributed by atoms with E-state index in [1.54, 1.807) is 65.8 Å². The highest BCUT2D eigenvalue weighted by molar-refractivity contribution is 7.62. The zero-order valence-corrected chi connectivity index (χ0v) is 17.9. The zero-order valence-electron chi connectivity index (χ0n) is 17.0. The van der Waals surface area contributed by atoms with Gasteiger partial charge < -0.3 is 9.47 Å². The second-order valence-electron chi connectivity index (χ2n) is 8.19. The average Bonchev–Trinajstić information content (AvgIpc) is 2.53. The second kappa shape index (κ2) is 9.00. The van der Waals surface area contributed by atoms with Crippen molar-refractivity contribution >= 4 is 24.8 Å². The molecule has 0 bridgehead atoms. The number of esters is 2. The minimum Gasteiger partial charge on any atom is -0.438 e. The molecule has 0 spiro atoms. The summed E-state index contributed by atoms with van der Waals surface area (Å²) in [6, 6.07) is 6.68. The lowest BCUT2D eigenvalue weighted by atomic mass is 9.98. The number of hydrogen-bond donors (Lipinski definition) is 0. The largest absolute Gasteiger partial charge is 0.438 e.